The molecule has 0 unspecified atom stereocenters. The number of rotatable bonds is 7. The van der Waals surface area contributed by atoms with E-state index in [1.54, 1.807) is 97.1 Å². The standard InChI is InChI=1S/2C15H9ClFNO3.C15H10ClNO3.C9H6ClNO3.C8H4ClNO3.C8H9F.CH3I/c2*16-10-3-6-13-12(7-10)14(19)21-15(20)18(13)8-9-1-4-11(17)5-2-9;16-11-6-7-13-12(8-11)14(18)20-15(19)17(13)9-10-4-2-1-3-5-10;1-11-7-3-2-5(10)4-6(7)8(12)14-9(11)13;9-4-1-2-6-5(3-4)7(11)13-8(12)10-6;1-2-7-3-5-8(9)6-4-7;1-2/h2*1-7H,8H2;1-8H,9H2;2-4H,1H3;1-3H,(H,10,12);3-6H,2H2,1H3;1H3. The number of fused-ring (bicyclic) bond motifs is 5. The number of alkyl halides is 1. The van der Waals surface area contributed by atoms with Crippen molar-refractivity contribution in [3.8, 4) is 0 Å². The second-order valence-corrected chi connectivity index (χ2v) is 23.0. The largest absolute Gasteiger partial charge is 0.422 e. The van der Waals surface area contributed by atoms with Gasteiger partial charge in [0, 0.05) is 32.2 Å². The van der Waals surface area contributed by atoms with Gasteiger partial charge in [-0.2, -0.15) is 0 Å². The van der Waals surface area contributed by atoms with Crippen molar-refractivity contribution in [2.24, 2.45) is 7.05 Å². The highest BCUT2D eigenvalue weighted by Crippen LogP contribution is 2.21. The summed E-state index contributed by atoms with van der Waals surface area (Å²) in [5.74, 6) is -4.52. The van der Waals surface area contributed by atoms with Crippen LogP contribution in [0.1, 0.15) is 29.2 Å². The Morgan fingerprint density at radius 3 is 1.00 bits per heavy atom. The summed E-state index contributed by atoms with van der Waals surface area (Å²) in [7, 11) is 1.53. The summed E-state index contributed by atoms with van der Waals surface area (Å²) in [4.78, 5) is 119. The number of hydrogen-bond acceptors (Lipinski definition) is 15. The fraction of sp³-hybridized carbons (Fsp3) is 0.0986. The van der Waals surface area contributed by atoms with Crippen LogP contribution in [0.2, 0.25) is 25.1 Å². The Hall–Kier alpha value is -10.4. The second kappa shape index (κ2) is 34.9. The van der Waals surface area contributed by atoms with Crippen molar-refractivity contribution in [1.29, 1.82) is 0 Å². The Morgan fingerprint density at radius 1 is 0.350 bits per heavy atom. The van der Waals surface area contributed by atoms with E-state index in [1.165, 1.54) is 97.6 Å². The molecule has 0 amide bonds. The van der Waals surface area contributed by atoms with Gasteiger partial charge in [0.25, 0.3) is 0 Å². The summed E-state index contributed by atoms with van der Waals surface area (Å²) >= 11 is 31.1. The lowest BCUT2D eigenvalue weighted by Crippen LogP contribution is -2.25. The van der Waals surface area contributed by atoms with Gasteiger partial charge < -0.3 is 22.1 Å². The van der Waals surface area contributed by atoms with Crippen molar-refractivity contribution in [2.45, 2.75) is 33.0 Å². The molecular formula is C71H50Cl5F3IN5O15. The smallest absolute Gasteiger partial charge is 0.372 e. The second-order valence-electron chi connectivity index (χ2n) is 20.8. The lowest BCUT2D eigenvalue weighted by atomic mass is 10.2. The van der Waals surface area contributed by atoms with E-state index in [4.69, 9.17) is 71.3 Å². The van der Waals surface area contributed by atoms with Gasteiger partial charge in [0.2, 0.25) is 0 Å². The number of aryl methyl sites for hydroxylation is 2. The van der Waals surface area contributed by atoms with Gasteiger partial charge in [-0.3, -0.25) is 23.3 Å². The molecule has 29 heteroatoms. The van der Waals surface area contributed by atoms with E-state index in [9.17, 15) is 61.1 Å². The zero-order chi connectivity index (χ0) is 72.5. The van der Waals surface area contributed by atoms with Crippen LogP contribution in [-0.4, -0.2) is 28.2 Å². The molecule has 100 heavy (non-hydrogen) atoms. The fourth-order valence-electron chi connectivity index (χ4n) is 9.40. The topological polar surface area (TPSA) is 272 Å². The van der Waals surface area contributed by atoms with E-state index < -0.39 is 56.9 Å². The van der Waals surface area contributed by atoms with E-state index in [0.29, 0.717) is 81.1 Å². The highest BCUT2D eigenvalue weighted by Gasteiger charge is 2.15. The van der Waals surface area contributed by atoms with Gasteiger partial charge in [-0.25, -0.2) is 61.1 Å². The molecule has 1 N–H and O–H groups in total. The molecule has 0 aliphatic heterocycles. The van der Waals surface area contributed by atoms with Gasteiger partial charge in [0.15, 0.2) is 0 Å². The monoisotopic (exact) mass is 1570 g/mol. The zero-order valence-electron chi connectivity index (χ0n) is 52.1. The van der Waals surface area contributed by atoms with Crippen LogP contribution < -0.4 is 56.9 Å². The molecule has 14 aromatic rings. The molecule has 0 saturated heterocycles. The Kier molecular flexibility index (Phi) is 26.3. The van der Waals surface area contributed by atoms with E-state index in [0.717, 1.165) is 12.0 Å². The van der Waals surface area contributed by atoms with Crippen molar-refractivity contribution < 1.29 is 35.3 Å². The first-order valence-electron chi connectivity index (χ1n) is 29.1. The number of aromatic amines is 1. The Labute approximate surface area is 598 Å². The predicted octanol–water partition coefficient (Wildman–Crippen LogP) is 14.0. The summed E-state index contributed by atoms with van der Waals surface area (Å²) in [5, 5.41) is 3.36. The Bertz CT molecular complexity index is 5770. The zero-order valence-corrected chi connectivity index (χ0v) is 58.1. The molecule has 14 rings (SSSR count). The average molecular weight is 1570 g/mol. The molecule has 0 radical (unpaired) electrons. The van der Waals surface area contributed by atoms with Crippen molar-refractivity contribution >= 4 is 135 Å². The molecule has 0 saturated carbocycles. The van der Waals surface area contributed by atoms with E-state index >= 15 is 0 Å². The number of hydrogen-bond donors (Lipinski definition) is 1. The first-order valence-corrected chi connectivity index (χ1v) is 33.1. The SMILES string of the molecule is CCc1ccc(F)cc1.CI.Cn1c(=O)oc(=O)c2cc(Cl)ccc21.O=c1[nH]c2ccc(Cl)cc2c(=O)o1.O=c1oc(=O)n(Cc2ccc(F)cc2)c2ccc(Cl)cc12.O=c1oc(=O)n(Cc2ccc(F)cc2)c2ccc(Cl)cc12.O=c1oc(=O)n(Cc2ccccc2)c2ccc(Cl)cc12. The molecule has 9 aromatic carbocycles. The van der Waals surface area contributed by atoms with Crippen LogP contribution in [0.25, 0.3) is 54.5 Å². The van der Waals surface area contributed by atoms with Gasteiger partial charge in [-0.05, 0) is 161 Å². The first kappa shape index (κ1) is 75.4. The van der Waals surface area contributed by atoms with Crippen molar-refractivity contribution in [3.63, 3.8) is 0 Å². The van der Waals surface area contributed by atoms with Crippen LogP contribution in [0.15, 0.2) is 264 Å². The van der Waals surface area contributed by atoms with E-state index in [1.807, 2.05) is 42.2 Å². The number of nitrogens with one attached hydrogen (secondary N) is 1. The summed E-state index contributed by atoms with van der Waals surface area (Å²) < 4.78 is 66.2. The minimum atomic E-state index is -0.765. The van der Waals surface area contributed by atoms with Crippen LogP contribution in [0, 0.1) is 17.5 Å². The summed E-state index contributed by atoms with van der Waals surface area (Å²) in [6, 6.07) is 50.8. The molecule has 0 aliphatic rings. The number of H-pyrrole nitrogens is 1. The molecule has 5 aromatic heterocycles. The van der Waals surface area contributed by atoms with Crippen LogP contribution >= 0.6 is 80.6 Å². The summed E-state index contributed by atoms with van der Waals surface area (Å²) in [6.07, 6.45) is 0.972. The molecule has 20 nitrogen and oxygen atoms in total. The predicted molar refractivity (Wildman–Crippen MR) is 388 cm³/mol. The maximum absolute atomic E-state index is 12.9. The van der Waals surface area contributed by atoms with Gasteiger partial charge >= 0.3 is 56.9 Å². The van der Waals surface area contributed by atoms with Gasteiger partial charge in [-0.15, -0.1) is 0 Å². The maximum atomic E-state index is 12.9. The van der Waals surface area contributed by atoms with Crippen molar-refractivity contribution in [2.75, 3.05) is 4.93 Å². The molecule has 0 bridgehead atoms. The van der Waals surface area contributed by atoms with Gasteiger partial charge in [0.1, 0.15) is 17.5 Å². The molecular weight excluding hydrogens is 1520 g/mol. The van der Waals surface area contributed by atoms with Gasteiger partial charge in [-0.1, -0.05) is 154 Å². The number of benzene rings is 9. The maximum Gasteiger partial charge on any atom is 0.422 e. The Morgan fingerprint density at radius 2 is 0.640 bits per heavy atom. The highest BCUT2D eigenvalue weighted by molar-refractivity contribution is 14.1. The van der Waals surface area contributed by atoms with Crippen LogP contribution in [-0.2, 0) is 33.1 Å². The first-order chi connectivity index (χ1) is 47.8. The van der Waals surface area contributed by atoms with Crippen molar-refractivity contribution in [1.82, 2.24) is 23.3 Å². The molecule has 0 aliphatic carbocycles. The third-order valence-electron chi connectivity index (χ3n) is 14.2. The molecule has 0 fully saturated rings. The average Bonchev–Trinajstić information content (AvgIpc) is 0.812. The highest BCUT2D eigenvalue weighted by atomic mass is 127. The molecule has 5 heterocycles. The minimum Gasteiger partial charge on any atom is -0.372 e. The minimum absolute atomic E-state index is 0.160. The van der Waals surface area contributed by atoms with Crippen LogP contribution in [0.3, 0.4) is 0 Å². The van der Waals surface area contributed by atoms with Crippen LogP contribution in [0.4, 0.5) is 13.2 Å². The number of aromatic nitrogens is 5. The van der Waals surface area contributed by atoms with E-state index in [2.05, 4.69) is 36.4 Å². The van der Waals surface area contributed by atoms with Crippen LogP contribution in [0.5, 0.6) is 0 Å². The summed E-state index contributed by atoms with van der Waals surface area (Å²) in [5.41, 5.74) is 2.36. The van der Waals surface area contributed by atoms with E-state index in [-0.39, 0.29) is 46.7 Å². The lowest BCUT2D eigenvalue weighted by molar-refractivity contribution is 0.424. The molecule has 0 atom stereocenters. The van der Waals surface area contributed by atoms with Crippen molar-refractivity contribution in [3.05, 3.63) is 364 Å². The lowest BCUT2D eigenvalue weighted by Gasteiger charge is -2.08. The quantitative estimate of drug-likeness (QED) is 0.115. The third-order valence-corrected chi connectivity index (χ3v) is 15.4. The summed E-state index contributed by atoms with van der Waals surface area (Å²) in [6.45, 7) is 2.72. The molecule has 512 valence electrons. The number of nitrogens with zero attached hydrogens (tertiary/aromatic N) is 4. The molecule has 0 spiro atoms. The number of halogens is 9. The van der Waals surface area contributed by atoms with Gasteiger partial charge in [0.05, 0.1) is 74.1 Å². The normalized spacial score (nSPS) is 10.6. The third kappa shape index (κ3) is 19.7. The Balaban J connectivity index is 0.000000155. The fourth-order valence-corrected chi connectivity index (χ4v) is 10.3.